The van der Waals surface area contributed by atoms with E-state index < -0.39 is 0 Å². The number of fused-ring (bicyclic) bond motifs is 1. The first kappa shape index (κ1) is 16.3. The van der Waals surface area contributed by atoms with Gasteiger partial charge in [-0.05, 0) is 46.4 Å². The number of halogens is 2. The summed E-state index contributed by atoms with van der Waals surface area (Å²) in [6, 6.07) is 9.32. The van der Waals surface area contributed by atoms with Crippen LogP contribution in [0.25, 0.3) is 6.08 Å². The summed E-state index contributed by atoms with van der Waals surface area (Å²) < 4.78 is 18.2. The number of ether oxygens (including phenoxy) is 3. The Labute approximate surface area is 155 Å². The van der Waals surface area contributed by atoms with Gasteiger partial charge in [0.15, 0.2) is 11.5 Å². The molecule has 6 heteroatoms. The number of benzene rings is 2. The van der Waals surface area contributed by atoms with Crippen LogP contribution in [0.4, 0.5) is 0 Å². The topological polar surface area (TPSA) is 44.8 Å². The van der Waals surface area contributed by atoms with E-state index in [0.717, 1.165) is 13.6 Å². The molecule has 0 atom stereocenters. The van der Waals surface area contributed by atoms with Gasteiger partial charge in [-0.2, -0.15) is 0 Å². The van der Waals surface area contributed by atoms with Crippen LogP contribution in [-0.2, 0) is 0 Å². The zero-order valence-electron chi connectivity index (χ0n) is 12.4. The molecule has 0 bridgehead atoms. The molecule has 0 amide bonds. The van der Waals surface area contributed by atoms with E-state index >= 15 is 0 Å². The van der Waals surface area contributed by atoms with Gasteiger partial charge in [0.2, 0.25) is 5.78 Å². The van der Waals surface area contributed by atoms with Gasteiger partial charge in [0, 0.05) is 10.5 Å². The molecule has 4 nitrogen and oxygen atoms in total. The van der Waals surface area contributed by atoms with E-state index in [4.69, 9.17) is 14.2 Å². The third-order valence-electron chi connectivity index (χ3n) is 3.42. The number of Topliss-reactive ketones (excluding diaryl/α,β-unsaturated/α-hetero) is 1. The lowest BCUT2D eigenvalue weighted by Gasteiger charge is -2.10. The Morgan fingerprint density at radius 3 is 2.39 bits per heavy atom. The number of hydrogen-bond donors (Lipinski definition) is 0. The van der Waals surface area contributed by atoms with Crippen LogP contribution in [0.2, 0.25) is 0 Å². The lowest BCUT2D eigenvalue weighted by molar-refractivity contribution is 0.101. The van der Waals surface area contributed by atoms with Crippen molar-refractivity contribution in [2.75, 3.05) is 14.2 Å². The highest BCUT2D eigenvalue weighted by Gasteiger charge is 2.34. The van der Waals surface area contributed by atoms with Gasteiger partial charge in [-0.25, -0.2) is 0 Å². The predicted molar refractivity (Wildman–Crippen MR) is 99.3 cm³/mol. The zero-order chi connectivity index (χ0) is 16.6. The SMILES string of the molecule is COc1cc(OC)c2c(c1I)OC(=Cc1ccc(Br)cc1)C2=O. The van der Waals surface area contributed by atoms with E-state index in [-0.39, 0.29) is 11.5 Å². The van der Waals surface area contributed by atoms with Gasteiger partial charge in [0.25, 0.3) is 0 Å². The molecule has 0 aliphatic carbocycles. The summed E-state index contributed by atoms with van der Waals surface area (Å²) in [4.78, 5) is 12.7. The van der Waals surface area contributed by atoms with Gasteiger partial charge < -0.3 is 14.2 Å². The Kier molecular flexibility index (Phi) is 4.63. The molecular weight excluding hydrogens is 475 g/mol. The first-order chi connectivity index (χ1) is 11.0. The molecule has 3 rings (SSSR count). The van der Waals surface area contributed by atoms with Crippen LogP contribution < -0.4 is 14.2 Å². The van der Waals surface area contributed by atoms with Gasteiger partial charge in [-0.3, -0.25) is 4.79 Å². The molecule has 1 aliphatic rings. The van der Waals surface area contributed by atoms with Crippen LogP contribution in [0.5, 0.6) is 17.2 Å². The zero-order valence-corrected chi connectivity index (χ0v) is 16.1. The molecule has 2 aromatic rings. The first-order valence-electron chi connectivity index (χ1n) is 6.69. The first-order valence-corrected chi connectivity index (χ1v) is 8.56. The van der Waals surface area contributed by atoms with Crippen molar-refractivity contribution in [3.63, 3.8) is 0 Å². The fraction of sp³-hybridized carbons (Fsp3) is 0.118. The van der Waals surface area contributed by atoms with E-state index in [1.807, 2.05) is 24.3 Å². The predicted octanol–water partition coefficient (Wildman–Crippen LogP) is 4.69. The van der Waals surface area contributed by atoms with Gasteiger partial charge in [0.1, 0.15) is 17.1 Å². The standard InChI is InChI=1S/C17H12BrIO4/c1-21-11-8-12(22-2)15(19)17-14(11)16(20)13(23-17)7-9-3-5-10(18)6-4-9/h3-8H,1-2H3. The molecule has 0 saturated heterocycles. The summed E-state index contributed by atoms with van der Waals surface area (Å²) in [6.07, 6.45) is 1.72. The summed E-state index contributed by atoms with van der Waals surface area (Å²) in [6.45, 7) is 0. The molecule has 0 unspecified atom stereocenters. The highest BCUT2D eigenvalue weighted by molar-refractivity contribution is 14.1. The van der Waals surface area contributed by atoms with Crippen molar-refractivity contribution < 1.29 is 19.0 Å². The molecule has 0 radical (unpaired) electrons. The highest BCUT2D eigenvalue weighted by atomic mass is 127. The largest absolute Gasteiger partial charge is 0.496 e. The quantitative estimate of drug-likeness (QED) is 0.466. The van der Waals surface area contributed by atoms with E-state index in [9.17, 15) is 4.79 Å². The second-order valence-electron chi connectivity index (χ2n) is 4.79. The molecule has 0 fully saturated rings. The van der Waals surface area contributed by atoms with E-state index in [2.05, 4.69) is 38.5 Å². The van der Waals surface area contributed by atoms with Gasteiger partial charge in [-0.1, -0.05) is 28.1 Å². The number of hydrogen-bond acceptors (Lipinski definition) is 4. The van der Waals surface area contributed by atoms with Crippen LogP contribution in [-0.4, -0.2) is 20.0 Å². The van der Waals surface area contributed by atoms with E-state index in [1.54, 1.807) is 19.3 Å². The van der Waals surface area contributed by atoms with Crippen LogP contribution in [0.3, 0.4) is 0 Å². The van der Waals surface area contributed by atoms with Crippen molar-refractivity contribution in [1.82, 2.24) is 0 Å². The van der Waals surface area contributed by atoms with Gasteiger partial charge in [-0.15, -0.1) is 0 Å². The van der Waals surface area contributed by atoms with Gasteiger partial charge >= 0.3 is 0 Å². The normalized spacial score (nSPS) is 14.6. The summed E-state index contributed by atoms with van der Waals surface area (Å²) in [5.74, 6) is 1.61. The average molecular weight is 487 g/mol. The maximum absolute atomic E-state index is 12.7. The smallest absolute Gasteiger partial charge is 0.235 e. The Hall–Kier alpha value is -1.54. The Morgan fingerprint density at radius 2 is 1.78 bits per heavy atom. The van der Waals surface area contributed by atoms with Crippen molar-refractivity contribution in [3.05, 3.63) is 55.3 Å². The molecule has 0 spiro atoms. The number of ketones is 1. The molecule has 2 aromatic carbocycles. The average Bonchev–Trinajstić information content (AvgIpc) is 2.88. The van der Waals surface area contributed by atoms with Crippen molar-refractivity contribution in [2.45, 2.75) is 0 Å². The molecule has 23 heavy (non-hydrogen) atoms. The summed E-state index contributed by atoms with van der Waals surface area (Å²) in [5.41, 5.74) is 1.31. The maximum Gasteiger partial charge on any atom is 0.235 e. The molecule has 1 aliphatic heterocycles. The Morgan fingerprint density at radius 1 is 1.13 bits per heavy atom. The summed E-state index contributed by atoms with van der Waals surface area (Å²) in [7, 11) is 3.09. The van der Waals surface area contributed by atoms with Crippen LogP contribution in [0, 0.1) is 3.57 Å². The summed E-state index contributed by atoms with van der Waals surface area (Å²) in [5, 5.41) is 0. The molecule has 0 N–H and O–H groups in total. The number of rotatable bonds is 3. The molecule has 0 aromatic heterocycles. The lowest BCUT2D eigenvalue weighted by atomic mass is 10.1. The fourth-order valence-corrected chi connectivity index (χ4v) is 3.31. The number of carbonyl (C=O) groups is 1. The highest BCUT2D eigenvalue weighted by Crippen LogP contribution is 2.45. The molecule has 1 heterocycles. The van der Waals surface area contributed by atoms with Crippen molar-refractivity contribution in [3.8, 4) is 17.2 Å². The Balaban J connectivity index is 2.08. The molecule has 118 valence electrons. The minimum atomic E-state index is -0.194. The summed E-state index contributed by atoms with van der Waals surface area (Å²) >= 11 is 5.49. The van der Waals surface area contributed by atoms with E-state index in [0.29, 0.717) is 22.8 Å². The molecule has 0 saturated carbocycles. The second-order valence-corrected chi connectivity index (χ2v) is 6.78. The minimum Gasteiger partial charge on any atom is -0.496 e. The second kappa shape index (κ2) is 6.52. The van der Waals surface area contributed by atoms with Crippen LogP contribution in [0.1, 0.15) is 15.9 Å². The van der Waals surface area contributed by atoms with Crippen molar-refractivity contribution >= 4 is 50.4 Å². The fourth-order valence-electron chi connectivity index (χ4n) is 2.29. The van der Waals surface area contributed by atoms with Crippen molar-refractivity contribution in [2.24, 2.45) is 0 Å². The Bertz CT molecular complexity index is 812. The van der Waals surface area contributed by atoms with Crippen molar-refractivity contribution in [1.29, 1.82) is 0 Å². The van der Waals surface area contributed by atoms with E-state index in [1.165, 1.54) is 7.11 Å². The number of allylic oxidation sites excluding steroid dienone is 1. The molecular formula is C17H12BrIO4. The number of carbonyl (C=O) groups excluding carboxylic acids is 1. The van der Waals surface area contributed by atoms with Gasteiger partial charge in [0.05, 0.1) is 17.8 Å². The van der Waals surface area contributed by atoms with Crippen LogP contribution >= 0.6 is 38.5 Å². The third-order valence-corrected chi connectivity index (χ3v) is 4.97. The van der Waals surface area contributed by atoms with Crippen LogP contribution in [0.15, 0.2) is 40.6 Å². The maximum atomic E-state index is 12.7. The number of methoxy groups -OCH3 is 2. The minimum absolute atomic E-state index is 0.194. The third kappa shape index (κ3) is 2.97. The lowest BCUT2D eigenvalue weighted by Crippen LogP contribution is -2.00. The monoisotopic (exact) mass is 486 g/mol.